The lowest BCUT2D eigenvalue weighted by molar-refractivity contribution is -0.149. The van der Waals surface area contributed by atoms with Crippen molar-refractivity contribution in [3.63, 3.8) is 0 Å². The van der Waals surface area contributed by atoms with Crippen molar-refractivity contribution in [2.75, 3.05) is 7.11 Å². The SMILES string of the molecule is COC(=O)C(C)(C)NC(=O)[C@H](C)NC(=O)[C@H](C)NC(C)=O. The van der Waals surface area contributed by atoms with Gasteiger partial charge in [0.15, 0.2) is 0 Å². The van der Waals surface area contributed by atoms with Gasteiger partial charge in [-0.1, -0.05) is 0 Å². The predicted molar refractivity (Wildman–Crippen MR) is 75.1 cm³/mol. The molecule has 0 radical (unpaired) electrons. The van der Waals surface area contributed by atoms with Crippen LogP contribution in [-0.4, -0.2) is 48.4 Å². The molecule has 0 rings (SSSR count). The average molecular weight is 301 g/mol. The molecule has 3 N–H and O–H groups in total. The van der Waals surface area contributed by atoms with Crippen LogP contribution in [0.4, 0.5) is 0 Å². The summed E-state index contributed by atoms with van der Waals surface area (Å²) in [5.41, 5.74) is -1.20. The van der Waals surface area contributed by atoms with Crippen LogP contribution in [-0.2, 0) is 23.9 Å². The Bertz CT molecular complexity index is 434. The van der Waals surface area contributed by atoms with Gasteiger partial charge in [-0.2, -0.15) is 0 Å². The molecule has 0 aromatic heterocycles. The number of methoxy groups -OCH3 is 1. The van der Waals surface area contributed by atoms with Crippen molar-refractivity contribution in [3.8, 4) is 0 Å². The molecule has 0 fully saturated rings. The molecular weight excluding hydrogens is 278 g/mol. The lowest BCUT2D eigenvalue weighted by Gasteiger charge is -2.25. The minimum absolute atomic E-state index is 0.346. The van der Waals surface area contributed by atoms with Gasteiger partial charge in [0.2, 0.25) is 17.7 Å². The summed E-state index contributed by atoms with van der Waals surface area (Å²) in [7, 11) is 1.22. The Morgan fingerprint density at radius 3 is 1.86 bits per heavy atom. The Hall–Kier alpha value is -2.12. The van der Waals surface area contributed by atoms with Crippen molar-refractivity contribution >= 4 is 23.7 Å². The summed E-state index contributed by atoms with van der Waals surface area (Å²) in [5.74, 6) is -1.97. The zero-order valence-corrected chi connectivity index (χ0v) is 13.2. The lowest BCUT2D eigenvalue weighted by atomic mass is 10.1. The Balaban J connectivity index is 4.56. The second-order valence-corrected chi connectivity index (χ2v) is 5.26. The van der Waals surface area contributed by atoms with Crippen molar-refractivity contribution < 1.29 is 23.9 Å². The Morgan fingerprint density at radius 1 is 0.952 bits per heavy atom. The van der Waals surface area contributed by atoms with E-state index in [1.54, 1.807) is 0 Å². The summed E-state index contributed by atoms with van der Waals surface area (Å²) in [6, 6.07) is -1.62. The minimum atomic E-state index is -1.20. The molecule has 0 saturated carbocycles. The highest BCUT2D eigenvalue weighted by molar-refractivity contribution is 5.93. The molecule has 0 heterocycles. The number of amides is 3. The summed E-state index contributed by atoms with van der Waals surface area (Å²) >= 11 is 0. The molecule has 0 aromatic rings. The van der Waals surface area contributed by atoms with Crippen LogP contribution >= 0.6 is 0 Å². The second-order valence-electron chi connectivity index (χ2n) is 5.26. The molecule has 0 aliphatic rings. The number of ether oxygens (including phenoxy) is 1. The maximum Gasteiger partial charge on any atom is 0.330 e. The van der Waals surface area contributed by atoms with Gasteiger partial charge in [-0.3, -0.25) is 14.4 Å². The molecule has 0 aliphatic carbocycles. The molecule has 2 atom stereocenters. The van der Waals surface area contributed by atoms with Gasteiger partial charge in [0.1, 0.15) is 17.6 Å². The smallest absolute Gasteiger partial charge is 0.330 e. The third kappa shape index (κ3) is 6.24. The summed E-state index contributed by atoms with van der Waals surface area (Å²) in [6.45, 7) is 7.25. The minimum Gasteiger partial charge on any atom is -0.467 e. The molecule has 0 spiro atoms. The van der Waals surface area contributed by atoms with Crippen LogP contribution in [0.1, 0.15) is 34.6 Å². The first kappa shape index (κ1) is 18.9. The summed E-state index contributed by atoms with van der Waals surface area (Å²) in [4.78, 5) is 46.0. The van der Waals surface area contributed by atoms with Crippen molar-refractivity contribution in [1.29, 1.82) is 0 Å². The van der Waals surface area contributed by atoms with E-state index in [2.05, 4.69) is 20.7 Å². The first-order valence-corrected chi connectivity index (χ1v) is 6.49. The van der Waals surface area contributed by atoms with E-state index in [0.717, 1.165) is 0 Å². The van der Waals surface area contributed by atoms with Crippen LogP contribution in [0.2, 0.25) is 0 Å². The van der Waals surface area contributed by atoms with E-state index in [4.69, 9.17) is 0 Å². The van der Waals surface area contributed by atoms with Gasteiger partial charge in [0.05, 0.1) is 7.11 Å². The van der Waals surface area contributed by atoms with Crippen LogP contribution in [0.15, 0.2) is 0 Å². The lowest BCUT2D eigenvalue weighted by Crippen LogP contribution is -2.57. The zero-order chi connectivity index (χ0) is 16.8. The second kappa shape index (κ2) is 7.61. The van der Waals surface area contributed by atoms with Gasteiger partial charge in [0, 0.05) is 6.92 Å². The normalized spacial score (nSPS) is 13.6. The summed E-state index contributed by atoms with van der Waals surface area (Å²) < 4.78 is 4.57. The molecule has 0 aliphatic heterocycles. The Morgan fingerprint density at radius 2 is 1.43 bits per heavy atom. The van der Waals surface area contributed by atoms with Crippen LogP contribution in [0.5, 0.6) is 0 Å². The standard InChI is InChI=1S/C13H23N3O5/c1-7(14-9(3)17)10(18)15-8(2)11(19)16-13(4,5)12(20)21-6/h7-8H,1-6H3,(H,14,17)(H,15,18)(H,16,19)/t7-,8-/m0/s1. The zero-order valence-electron chi connectivity index (χ0n) is 13.2. The Labute approximate surface area is 124 Å². The molecular formula is C13H23N3O5. The molecule has 3 amide bonds. The third-order valence-corrected chi connectivity index (χ3v) is 2.70. The highest BCUT2D eigenvalue weighted by Crippen LogP contribution is 2.05. The monoisotopic (exact) mass is 301 g/mol. The largest absolute Gasteiger partial charge is 0.467 e. The quantitative estimate of drug-likeness (QED) is 0.549. The number of carbonyl (C=O) groups excluding carboxylic acids is 4. The predicted octanol–water partition coefficient (Wildman–Crippen LogP) is -0.916. The molecule has 0 saturated heterocycles. The average Bonchev–Trinajstić information content (AvgIpc) is 2.35. The van der Waals surface area contributed by atoms with Crippen molar-refractivity contribution in [1.82, 2.24) is 16.0 Å². The first-order chi connectivity index (χ1) is 9.51. The summed E-state index contributed by atoms with van der Waals surface area (Å²) in [6.07, 6.45) is 0. The van der Waals surface area contributed by atoms with E-state index in [-0.39, 0.29) is 5.91 Å². The molecule has 0 unspecified atom stereocenters. The Kier molecular flexibility index (Phi) is 6.84. The number of nitrogens with one attached hydrogen (secondary N) is 3. The topological polar surface area (TPSA) is 114 Å². The van der Waals surface area contributed by atoms with Crippen LogP contribution < -0.4 is 16.0 Å². The number of hydrogen-bond acceptors (Lipinski definition) is 5. The third-order valence-electron chi connectivity index (χ3n) is 2.70. The fraction of sp³-hybridized carbons (Fsp3) is 0.692. The molecule has 120 valence electrons. The van der Waals surface area contributed by atoms with Gasteiger partial charge in [-0.05, 0) is 27.7 Å². The maximum atomic E-state index is 11.9. The number of hydrogen-bond donors (Lipinski definition) is 3. The highest BCUT2D eigenvalue weighted by atomic mass is 16.5. The van der Waals surface area contributed by atoms with Gasteiger partial charge < -0.3 is 20.7 Å². The summed E-state index contributed by atoms with van der Waals surface area (Å²) in [5, 5.41) is 7.33. The van der Waals surface area contributed by atoms with Crippen molar-refractivity contribution in [2.24, 2.45) is 0 Å². The van der Waals surface area contributed by atoms with E-state index in [1.807, 2.05) is 0 Å². The van der Waals surface area contributed by atoms with Crippen molar-refractivity contribution in [2.45, 2.75) is 52.2 Å². The maximum absolute atomic E-state index is 11.9. The van der Waals surface area contributed by atoms with Crippen LogP contribution in [0.25, 0.3) is 0 Å². The van der Waals surface area contributed by atoms with Gasteiger partial charge in [-0.15, -0.1) is 0 Å². The molecule has 0 aromatic carbocycles. The van der Waals surface area contributed by atoms with Gasteiger partial charge in [0.25, 0.3) is 0 Å². The van der Waals surface area contributed by atoms with E-state index < -0.39 is 35.4 Å². The molecule has 0 bridgehead atoms. The van der Waals surface area contributed by atoms with Crippen molar-refractivity contribution in [3.05, 3.63) is 0 Å². The van der Waals surface area contributed by atoms with Gasteiger partial charge in [-0.25, -0.2) is 4.79 Å². The number of carbonyl (C=O) groups is 4. The van der Waals surface area contributed by atoms with E-state index >= 15 is 0 Å². The number of esters is 1. The molecule has 8 heteroatoms. The number of rotatable bonds is 6. The van der Waals surface area contributed by atoms with E-state index in [1.165, 1.54) is 41.7 Å². The fourth-order valence-corrected chi connectivity index (χ4v) is 1.50. The first-order valence-electron chi connectivity index (χ1n) is 6.49. The molecule has 21 heavy (non-hydrogen) atoms. The highest BCUT2D eigenvalue weighted by Gasteiger charge is 2.32. The molecule has 8 nitrogen and oxygen atoms in total. The van der Waals surface area contributed by atoms with E-state index in [9.17, 15) is 19.2 Å². The van der Waals surface area contributed by atoms with Crippen LogP contribution in [0.3, 0.4) is 0 Å². The fourth-order valence-electron chi connectivity index (χ4n) is 1.50. The van der Waals surface area contributed by atoms with Gasteiger partial charge >= 0.3 is 5.97 Å². The van der Waals surface area contributed by atoms with E-state index in [0.29, 0.717) is 0 Å². The van der Waals surface area contributed by atoms with Crippen LogP contribution in [0, 0.1) is 0 Å².